The Hall–Kier alpha value is -0.990. The summed E-state index contributed by atoms with van der Waals surface area (Å²) in [7, 11) is 0. The van der Waals surface area contributed by atoms with Crippen LogP contribution in [0.15, 0.2) is 11.5 Å². The van der Waals surface area contributed by atoms with E-state index in [2.05, 4.69) is 0 Å². The Balaban J connectivity index is 2.58. The molecule has 1 rings (SSSR count). The van der Waals surface area contributed by atoms with Crippen LogP contribution in [-0.4, -0.2) is 12.4 Å². The Labute approximate surface area is 53.5 Å². The summed E-state index contributed by atoms with van der Waals surface area (Å²) in [4.78, 5) is 10.1. The average molecular weight is 127 g/mol. The van der Waals surface area contributed by atoms with Crippen molar-refractivity contribution in [1.29, 1.82) is 0 Å². The second kappa shape index (κ2) is 2.09. The lowest BCUT2D eigenvalue weighted by molar-refractivity contribution is -0.114. The van der Waals surface area contributed by atoms with Crippen LogP contribution in [0, 0.1) is 0 Å². The minimum atomic E-state index is -0.329. The van der Waals surface area contributed by atoms with Crippen molar-refractivity contribution >= 4 is 6.29 Å². The zero-order valence-electron chi connectivity index (χ0n) is 5.26. The summed E-state index contributed by atoms with van der Waals surface area (Å²) in [6.45, 7) is 1.76. The van der Waals surface area contributed by atoms with Crippen LogP contribution in [0.3, 0.4) is 0 Å². The maximum atomic E-state index is 10.1. The van der Waals surface area contributed by atoms with Crippen LogP contribution in [0.25, 0.3) is 0 Å². The summed E-state index contributed by atoms with van der Waals surface area (Å²) < 4.78 is 5.01. The number of allylic oxidation sites excluding steroid dienone is 1. The number of nitrogens with two attached hydrogens (primary N) is 1. The number of ether oxygens (including phenoxy) is 1. The third-order valence-electron chi connectivity index (χ3n) is 1.35. The molecular formula is C6H9NO2. The summed E-state index contributed by atoms with van der Waals surface area (Å²) in [5.74, 6) is 0.687. The topological polar surface area (TPSA) is 52.3 Å². The van der Waals surface area contributed by atoms with Gasteiger partial charge in [0.15, 0.2) is 12.4 Å². The summed E-state index contributed by atoms with van der Waals surface area (Å²) in [6.07, 6.45) is 0.989. The molecule has 0 fully saturated rings. The van der Waals surface area contributed by atoms with E-state index in [-0.39, 0.29) is 6.10 Å². The van der Waals surface area contributed by atoms with Crippen LogP contribution in [0.1, 0.15) is 13.3 Å². The molecule has 0 radical (unpaired) electrons. The van der Waals surface area contributed by atoms with Gasteiger partial charge in [0.05, 0.1) is 5.70 Å². The van der Waals surface area contributed by atoms with Crippen molar-refractivity contribution in [3.63, 3.8) is 0 Å². The number of rotatable bonds is 1. The molecule has 0 aromatic rings. The van der Waals surface area contributed by atoms with E-state index in [1.165, 1.54) is 0 Å². The van der Waals surface area contributed by atoms with Crippen LogP contribution in [-0.2, 0) is 9.53 Å². The molecule has 2 N–H and O–H groups in total. The summed E-state index contributed by atoms with van der Waals surface area (Å²) >= 11 is 0. The Morgan fingerprint density at radius 1 is 1.89 bits per heavy atom. The SMILES string of the molecule is CC1=C(N)CC(C=O)O1. The van der Waals surface area contributed by atoms with Crippen LogP contribution >= 0.6 is 0 Å². The molecule has 3 nitrogen and oxygen atoms in total. The highest BCUT2D eigenvalue weighted by molar-refractivity contribution is 5.58. The molecule has 0 aromatic heterocycles. The molecule has 1 atom stereocenters. The second-order valence-corrected chi connectivity index (χ2v) is 2.08. The van der Waals surface area contributed by atoms with Crippen LogP contribution in [0.2, 0.25) is 0 Å². The van der Waals surface area contributed by atoms with E-state index < -0.39 is 0 Å². The quantitative estimate of drug-likeness (QED) is 0.510. The van der Waals surface area contributed by atoms with Gasteiger partial charge in [-0.15, -0.1) is 0 Å². The molecule has 0 spiro atoms. The molecule has 50 valence electrons. The predicted octanol–water partition coefficient (Wildman–Crippen LogP) is 0.164. The maximum absolute atomic E-state index is 10.1. The fourth-order valence-electron chi connectivity index (χ4n) is 0.781. The lowest BCUT2D eigenvalue weighted by Gasteiger charge is -2.00. The van der Waals surface area contributed by atoms with Crippen molar-refractivity contribution in [2.75, 3.05) is 0 Å². The van der Waals surface area contributed by atoms with E-state index in [0.717, 1.165) is 6.29 Å². The Morgan fingerprint density at radius 3 is 2.78 bits per heavy atom. The van der Waals surface area contributed by atoms with Crippen LogP contribution in [0.4, 0.5) is 0 Å². The largest absolute Gasteiger partial charge is 0.485 e. The molecule has 3 heteroatoms. The van der Waals surface area contributed by atoms with Gasteiger partial charge >= 0.3 is 0 Å². The van der Waals surface area contributed by atoms with E-state index >= 15 is 0 Å². The minimum Gasteiger partial charge on any atom is -0.485 e. The van der Waals surface area contributed by atoms with E-state index in [9.17, 15) is 4.79 Å². The van der Waals surface area contributed by atoms with Crippen molar-refractivity contribution in [3.05, 3.63) is 11.5 Å². The molecule has 1 aliphatic heterocycles. The highest BCUT2D eigenvalue weighted by Crippen LogP contribution is 2.18. The van der Waals surface area contributed by atoms with Crippen molar-refractivity contribution in [1.82, 2.24) is 0 Å². The van der Waals surface area contributed by atoms with Gasteiger partial charge in [0.1, 0.15) is 5.76 Å². The van der Waals surface area contributed by atoms with Gasteiger partial charge in [-0.2, -0.15) is 0 Å². The second-order valence-electron chi connectivity index (χ2n) is 2.08. The van der Waals surface area contributed by atoms with E-state index in [4.69, 9.17) is 10.5 Å². The molecule has 1 heterocycles. The number of hydrogen-bond acceptors (Lipinski definition) is 3. The van der Waals surface area contributed by atoms with E-state index in [1.54, 1.807) is 6.92 Å². The van der Waals surface area contributed by atoms with Gasteiger partial charge in [0.25, 0.3) is 0 Å². The summed E-state index contributed by atoms with van der Waals surface area (Å²) in [6, 6.07) is 0. The van der Waals surface area contributed by atoms with Crippen molar-refractivity contribution in [3.8, 4) is 0 Å². The van der Waals surface area contributed by atoms with Gasteiger partial charge in [-0.1, -0.05) is 0 Å². The highest BCUT2D eigenvalue weighted by atomic mass is 16.5. The first-order valence-electron chi connectivity index (χ1n) is 2.81. The van der Waals surface area contributed by atoms with Gasteiger partial charge in [-0.25, -0.2) is 0 Å². The lowest BCUT2D eigenvalue weighted by atomic mass is 10.2. The van der Waals surface area contributed by atoms with Gasteiger partial charge in [0, 0.05) is 6.42 Å². The smallest absolute Gasteiger partial charge is 0.160 e. The van der Waals surface area contributed by atoms with Crippen molar-refractivity contribution in [2.45, 2.75) is 19.4 Å². The Kier molecular flexibility index (Phi) is 1.42. The zero-order valence-corrected chi connectivity index (χ0v) is 5.26. The van der Waals surface area contributed by atoms with E-state index in [0.29, 0.717) is 17.9 Å². The molecule has 0 aliphatic carbocycles. The standard InChI is InChI=1S/C6H9NO2/c1-4-6(7)2-5(3-8)9-4/h3,5H,2,7H2,1H3. The first-order chi connectivity index (χ1) is 4.24. The molecule has 9 heavy (non-hydrogen) atoms. The molecule has 0 saturated carbocycles. The average Bonchev–Trinajstić information content (AvgIpc) is 2.13. The van der Waals surface area contributed by atoms with Gasteiger partial charge in [0.2, 0.25) is 0 Å². The first kappa shape index (κ1) is 6.13. The van der Waals surface area contributed by atoms with Crippen LogP contribution in [0.5, 0.6) is 0 Å². The maximum Gasteiger partial charge on any atom is 0.160 e. The molecule has 0 bridgehead atoms. The normalized spacial score (nSPS) is 26.1. The predicted molar refractivity (Wildman–Crippen MR) is 32.4 cm³/mol. The zero-order chi connectivity index (χ0) is 6.85. The fraction of sp³-hybridized carbons (Fsp3) is 0.500. The number of carbonyl (C=O) groups excluding carboxylic acids is 1. The first-order valence-corrected chi connectivity index (χ1v) is 2.81. The van der Waals surface area contributed by atoms with Crippen molar-refractivity contribution in [2.24, 2.45) is 5.73 Å². The third kappa shape index (κ3) is 1.04. The van der Waals surface area contributed by atoms with Crippen LogP contribution < -0.4 is 5.73 Å². The number of carbonyl (C=O) groups is 1. The minimum absolute atomic E-state index is 0.329. The number of aldehydes is 1. The third-order valence-corrected chi connectivity index (χ3v) is 1.35. The molecule has 1 aliphatic rings. The molecule has 1 unspecified atom stereocenters. The van der Waals surface area contributed by atoms with Gasteiger partial charge in [-0.05, 0) is 6.92 Å². The fourth-order valence-corrected chi connectivity index (χ4v) is 0.781. The summed E-state index contributed by atoms with van der Waals surface area (Å²) in [5, 5.41) is 0. The Morgan fingerprint density at radius 2 is 2.56 bits per heavy atom. The molecule has 0 amide bonds. The van der Waals surface area contributed by atoms with Crippen molar-refractivity contribution < 1.29 is 9.53 Å². The number of hydrogen-bond donors (Lipinski definition) is 1. The summed E-state index contributed by atoms with van der Waals surface area (Å²) in [5.41, 5.74) is 6.13. The molecule has 0 aromatic carbocycles. The molecule has 0 saturated heterocycles. The monoisotopic (exact) mass is 127 g/mol. The van der Waals surface area contributed by atoms with Gasteiger partial charge in [-0.3, -0.25) is 4.79 Å². The lowest BCUT2D eigenvalue weighted by Crippen LogP contribution is -2.07. The molecular weight excluding hydrogens is 118 g/mol. The van der Waals surface area contributed by atoms with E-state index in [1.807, 2.05) is 0 Å². The highest BCUT2D eigenvalue weighted by Gasteiger charge is 2.19. The van der Waals surface area contributed by atoms with Gasteiger partial charge < -0.3 is 10.5 Å². The Bertz CT molecular complexity index is 148.